The fourth-order valence-corrected chi connectivity index (χ4v) is 2.69. The highest BCUT2D eigenvalue weighted by molar-refractivity contribution is 5.76. The second-order valence-electron chi connectivity index (χ2n) is 5.61. The summed E-state index contributed by atoms with van der Waals surface area (Å²) in [6.07, 6.45) is 5.92. The zero-order valence-electron chi connectivity index (χ0n) is 13.9. The van der Waals surface area contributed by atoms with Crippen LogP contribution in [0.15, 0.2) is 35.5 Å². The van der Waals surface area contributed by atoms with Crippen LogP contribution in [0.3, 0.4) is 0 Å². The molecule has 1 fully saturated rings. The first-order valence-corrected chi connectivity index (χ1v) is 7.99. The van der Waals surface area contributed by atoms with Gasteiger partial charge in [0.25, 0.3) is 17.3 Å². The van der Waals surface area contributed by atoms with Gasteiger partial charge in [-0.05, 0) is 18.9 Å². The number of rotatable bonds is 5. The highest BCUT2D eigenvalue weighted by Gasteiger charge is 2.26. The molecule has 2 aromatic heterocycles. The maximum Gasteiger partial charge on any atom is 0.278 e. The van der Waals surface area contributed by atoms with Gasteiger partial charge in [0.05, 0.1) is 13.7 Å². The number of aromatic nitrogens is 4. The van der Waals surface area contributed by atoms with Crippen LogP contribution in [0.2, 0.25) is 0 Å². The Labute approximate surface area is 144 Å². The Morgan fingerprint density at radius 2 is 2.08 bits per heavy atom. The van der Waals surface area contributed by atoms with Crippen molar-refractivity contribution >= 4 is 5.91 Å². The fourth-order valence-electron chi connectivity index (χ4n) is 2.69. The van der Waals surface area contributed by atoms with Crippen LogP contribution in [0, 0.1) is 0 Å². The summed E-state index contributed by atoms with van der Waals surface area (Å²) in [7, 11) is 1.50. The number of amides is 1. The molecule has 0 saturated carbocycles. The minimum absolute atomic E-state index is 0.0825. The highest BCUT2D eigenvalue weighted by atomic mass is 16.5. The largest absolute Gasteiger partial charge is 0.477 e. The van der Waals surface area contributed by atoms with Crippen LogP contribution < -0.4 is 15.0 Å². The molecule has 0 aromatic carbocycles. The molecule has 0 aliphatic carbocycles. The van der Waals surface area contributed by atoms with Crippen molar-refractivity contribution < 1.29 is 14.3 Å². The summed E-state index contributed by atoms with van der Waals surface area (Å²) < 4.78 is 12.1. The second kappa shape index (κ2) is 7.73. The van der Waals surface area contributed by atoms with E-state index in [1.807, 2.05) is 0 Å². The number of carbonyl (C=O) groups is 1. The minimum atomic E-state index is -0.301. The maximum absolute atomic E-state index is 12.5. The molecule has 132 valence electrons. The fraction of sp³-hybridized carbons (Fsp3) is 0.438. The Morgan fingerprint density at radius 1 is 1.28 bits per heavy atom. The van der Waals surface area contributed by atoms with Gasteiger partial charge in [-0.15, -0.1) is 0 Å². The van der Waals surface area contributed by atoms with E-state index in [4.69, 9.17) is 9.47 Å². The van der Waals surface area contributed by atoms with E-state index < -0.39 is 0 Å². The SMILES string of the molecule is COc1nccnc1O[C@@H]1CCCN(C(=O)Cn2ncccc2=O)C1. The van der Waals surface area contributed by atoms with Crippen molar-refractivity contribution in [2.75, 3.05) is 20.2 Å². The summed E-state index contributed by atoms with van der Waals surface area (Å²) in [6.45, 7) is 0.957. The molecule has 1 aliphatic heterocycles. The minimum Gasteiger partial charge on any atom is -0.477 e. The van der Waals surface area contributed by atoms with Crippen LogP contribution in [0.1, 0.15) is 12.8 Å². The van der Waals surface area contributed by atoms with Gasteiger partial charge >= 0.3 is 0 Å². The number of hydrogen-bond donors (Lipinski definition) is 0. The number of nitrogens with zero attached hydrogens (tertiary/aromatic N) is 5. The second-order valence-corrected chi connectivity index (χ2v) is 5.61. The number of piperidine rings is 1. The van der Waals surface area contributed by atoms with E-state index in [1.54, 1.807) is 11.0 Å². The lowest BCUT2D eigenvalue weighted by atomic mass is 10.1. The predicted molar refractivity (Wildman–Crippen MR) is 87.3 cm³/mol. The van der Waals surface area contributed by atoms with Crippen molar-refractivity contribution in [1.29, 1.82) is 0 Å². The van der Waals surface area contributed by atoms with E-state index >= 15 is 0 Å². The molecule has 25 heavy (non-hydrogen) atoms. The quantitative estimate of drug-likeness (QED) is 0.758. The average Bonchev–Trinajstić information content (AvgIpc) is 2.64. The molecule has 0 radical (unpaired) electrons. The Bertz CT molecular complexity index is 794. The first-order valence-electron chi connectivity index (χ1n) is 7.99. The molecule has 0 unspecified atom stereocenters. The summed E-state index contributed by atoms with van der Waals surface area (Å²) in [5, 5.41) is 3.91. The Kier molecular flexibility index (Phi) is 5.22. The van der Waals surface area contributed by atoms with E-state index in [-0.39, 0.29) is 24.1 Å². The first kappa shape index (κ1) is 16.9. The summed E-state index contributed by atoms with van der Waals surface area (Å²) in [5.41, 5.74) is -0.301. The van der Waals surface area contributed by atoms with Crippen molar-refractivity contribution in [3.05, 3.63) is 41.1 Å². The van der Waals surface area contributed by atoms with Crippen LogP contribution in [0.25, 0.3) is 0 Å². The Morgan fingerprint density at radius 3 is 2.84 bits per heavy atom. The van der Waals surface area contributed by atoms with Gasteiger partial charge in [-0.2, -0.15) is 5.10 Å². The van der Waals surface area contributed by atoms with Gasteiger partial charge in [-0.25, -0.2) is 14.6 Å². The van der Waals surface area contributed by atoms with Crippen molar-refractivity contribution in [1.82, 2.24) is 24.6 Å². The van der Waals surface area contributed by atoms with Gasteiger partial charge in [-0.1, -0.05) is 0 Å². The summed E-state index contributed by atoms with van der Waals surface area (Å²) in [5.74, 6) is 0.455. The number of methoxy groups -OCH3 is 1. The standard InChI is InChI=1S/C16H19N5O4/c1-24-15-16(18-8-7-17-15)25-12-4-3-9-20(10-12)14(23)11-21-13(22)5-2-6-19-21/h2,5-8,12H,3-4,9-11H2,1H3/t12-/m1/s1. The maximum atomic E-state index is 12.5. The van der Waals surface area contributed by atoms with Crippen LogP contribution in [0.4, 0.5) is 0 Å². The van der Waals surface area contributed by atoms with E-state index in [0.29, 0.717) is 24.8 Å². The van der Waals surface area contributed by atoms with Gasteiger partial charge in [0.1, 0.15) is 12.6 Å². The molecule has 9 nitrogen and oxygen atoms in total. The summed E-state index contributed by atoms with van der Waals surface area (Å²) in [6, 6.07) is 2.92. The number of likely N-dealkylation sites (tertiary alicyclic amines) is 1. The highest BCUT2D eigenvalue weighted by Crippen LogP contribution is 2.23. The number of ether oxygens (including phenoxy) is 2. The molecule has 3 rings (SSSR count). The van der Waals surface area contributed by atoms with E-state index in [2.05, 4.69) is 15.1 Å². The lowest BCUT2D eigenvalue weighted by Gasteiger charge is -2.32. The molecule has 0 spiro atoms. The van der Waals surface area contributed by atoms with Crippen molar-refractivity contribution in [3.8, 4) is 11.8 Å². The Balaban J connectivity index is 1.63. The molecule has 1 aliphatic rings. The van der Waals surface area contributed by atoms with Crippen LogP contribution >= 0.6 is 0 Å². The van der Waals surface area contributed by atoms with Gasteiger partial charge in [0.2, 0.25) is 5.91 Å². The Hall–Kier alpha value is -2.97. The third kappa shape index (κ3) is 4.11. The molecule has 0 N–H and O–H groups in total. The molecular formula is C16H19N5O4. The molecule has 1 saturated heterocycles. The monoisotopic (exact) mass is 345 g/mol. The normalized spacial score (nSPS) is 17.2. The lowest BCUT2D eigenvalue weighted by Crippen LogP contribution is -2.46. The zero-order valence-corrected chi connectivity index (χ0v) is 13.9. The number of carbonyl (C=O) groups excluding carboxylic acids is 1. The molecule has 9 heteroatoms. The van der Waals surface area contributed by atoms with E-state index in [1.165, 1.54) is 31.8 Å². The van der Waals surface area contributed by atoms with Crippen molar-refractivity contribution in [2.45, 2.75) is 25.5 Å². The number of hydrogen-bond acceptors (Lipinski definition) is 7. The molecule has 3 heterocycles. The molecular weight excluding hydrogens is 326 g/mol. The molecule has 1 atom stereocenters. The van der Waals surface area contributed by atoms with Crippen LogP contribution in [-0.4, -0.2) is 56.9 Å². The molecule has 2 aromatic rings. The van der Waals surface area contributed by atoms with Crippen molar-refractivity contribution in [2.24, 2.45) is 0 Å². The van der Waals surface area contributed by atoms with Gasteiger partial charge < -0.3 is 14.4 Å². The summed E-state index contributed by atoms with van der Waals surface area (Å²) >= 11 is 0. The lowest BCUT2D eigenvalue weighted by molar-refractivity contribution is -0.134. The van der Waals surface area contributed by atoms with Crippen LogP contribution in [-0.2, 0) is 11.3 Å². The van der Waals surface area contributed by atoms with Crippen LogP contribution in [0.5, 0.6) is 11.8 Å². The van der Waals surface area contributed by atoms with Gasteiger partial charge in [0, 0.05) is 31.2 Å². The van der Waals surface area contributed by atoms with Gasteiger partial charge in [0.15, 0.2) is 0 Å². The third-order valence-corrected chi connectivity index (χ3v) is 3.91. The van der Waals surface area contributed by atoms with Gasteiger partial charge in [-0.3, -0.25) is 9.59 Å². The first-order chi connectivity index (χ1) is 12.2. The van der Waals surface area contributed by atoms with Crippen molar-refractivity contribution in [3.63, 3.8) is 0 Å². The average molecular weight is 345 g/mol. The molecule has 1 amide bonds. The smallest absolute Gasteiger partial charge is 0.278 e. The third-order valence-electron chi connectivity index (χ3n) is 3.91. The van der Waals surface area contributed by atoms with E-state index in [0.717, 1.165) is 17.5 Å². The molecule has 0 bridgehead atoms. The summed E-state index contributed by atoms with van der Waals surface area (Å²) in [4.78, 5) is 34.0. The predicted octanol–water partition coefficient (Wildman–Crippen LogP) is 0.112. The topological polar surface area (TPSA) is 99.4 Å². The van der Waals surface area contributed by atoms with E-state index in [9.17, 15) is 9.59 Å². The zero-order chi connectivity index (χ0) is 17.6.